The standard InChI is InChI=1S/C17H27NO/c1-13-9-10-15(11-17(13)19-3)16(12-18-2)14-7-5-4-6-8-14/h9-11,14,16,18H,4-8,12H2,1-3H3. The Hall–Kier alpha value is -1.02. The first-order valence-electron chi connectivity index (χ1n) is 7.55. The lowest BCUT2D eigenvalue weighted by atomic mass is 9.76. The normalized spacial score (nSPS) is 18.3. The average Bonchev–Trinajstić information content (AvgIpc) is 2.46. The first-order chi connectivity index (χ1) is 9.26. The Labute approximate surface area is 117 Å². The summed E-state index contributed by atoms with van der Waals surface area (Å²) in [5, 5.41) is 3.37. The van der Waals surface area contributed by atoms with Gasteiger partial charge in [-0.05, 0) is 55.8 Å². The molecule has 1 aliphatic carbocycles. The zero-order chi connectivity index (χ0) is 13.7. The highest BCUT2D eigenvalue weighted by Gasteiger charge is 2.25. The van der Waals surface area contributed by atoms with Crippen molar-refractivity contribution in [3.8, 4) is 5.75 Å². The predicted octanol–water partition coefficient (Wildman–Crippen LogP) is 3.89. The summed E-state index contributed by atoms with van der Waals surface area (Å²) in [7, 11) is 3.82. The largest absolute Gasteiger partial charge is 0.496 e. The van der Waals surface area contributed by atoms with Gasteiger partial charge in [0.2, 0.25) is 0 Å². The van der Waals surface area contributed by atoms with Gasteiger partial charge in [-0.25, -0.2) is 0 Å². The Morgan fingerprint density at radius 3 is 2.63 bits per heavy atom. The number of aryl methyl sites for hydroxylation is 1. The van der Waals surface area contributed by atoms with Crippen LogP contribution in [0.15, 0.2) is 18.2 Å². The van der Waals surface area contributed by atoms with Crippen molar-refractivity contribution in [1.82, 2.24) is 5.32 Å². The van der Waals surface area contributed by atoms with Crippen molar-refractivity contribution >= 4 is 0 Å². The van der Waals surface area contributed by atoms with Gasteiger partial charge in [0.25, 0.3) is 0 Å². The van der Waals surface area contributed by atoms with E-state index in [4.69, 9.17) is 4.74 Å². The Morgan fingerprint density at radius 1 is 1.26 bits per heavy atom. The molecular formula is C17H27NO. The van der Waals surface area contributed by atoms with Crippen molar-refractivity contribution in [2.45, 2.75) is 44.9 Å². The summed E-state index contributed by atoms with van der Waals surface area (Å²) in [4.78, 5) is 0. The first kappa shape index (κ1) is 14.4. The molecule has 1 unspecified atom stereocenters. The van der Waals surface area contributed by atoms with E-state index in [1.54, 1.807) is 7.11 Å². The Balaban J connectivity index is 2.22. The third-order valence-electron chi connectivity index (χ3n) is 4.50. The fraction of sp³-hybridized carbons (Fsp3) is 0.647. The maximum absolute atomic E-state index is 5.48. The van der Waals surface area contributed by atoms with Gasteiger partial charge in [-0.15, -0.1) is 0 Å². The van der Waals surface area contributed by atoms with Crippen LogP contribution in [-0.2, 0) is 0 Å². The van der Waals surface area contributed by atoms with E-state index in [1.165, 1.54) is 43.2 Å². The molecule has 1 fully saturated rings. The molecule has 0 aliphatic heterocycles. The highest BCUT2D eigenvalue weighted by molar-refractivity contribution is 5.38. The van der Waals surface area contributed by atoms with Gasteiger partial charge in [-0.1, -0.05) is 31.4 Å². The number of nitrogens with one attached hydrogen (secondary N) is 1. The average molecular weight is 261 g/mol. The minimum absolute atomic E-state index is 0.625. The van der Waals surface area contributed by atoms with E-state index in [0.29, 0.717) is 5.92 Å². The van der Waals surface area contributed by atoms with Crippen molar-refractivity contribution in [3.63, 3.8) is 0 Å². The summed E-state index contributed by atoms with van der Waals surface area (Å²) in [6.07, 6.45) is 6.97. The molecule has 19 heavy (non-hydrogen) atoms. The van der Waals surface area contributed by atoms with Crippen LogP contribution in [0, 0.1) is 12.8 Å². The second-order valence-electron chi connectivity index (χ2n) is 5.79. The molecule has 1 atom stereocenters. The maximum Gasteiger partial charge on any atom is 0.122 e. The molecule has 106 valence electrons. The molecule has 0 heterocycles. The lowest BCUT2D eigenvalue weighted by Gasteiger charge is -2.31. The van der Waals surface area contributed by atoms with E-state index in [-0.39, 0.29) is 0 Å². The summed E-state index contributed by atoms with van der Waals surface area (Å²) in [6.45, 7) is 3.17. The number of ether oxygens (including phenoxy) is 1. The minimum Gasteiger partial charge on any atom is -0.496 e. The molecule has 2 rings (SSSR count). The topological polar surface area (TPSA) is 21.3 Å². The highest BCUT2D eigenvalue weighted by atomic mass is 16.5. The van der Waals surface area contributed by atoms with Crippen LogP contribution < -0.4 is 10.1 Å². The number of hydrogen-bond acceptors (Lipinski definition) is 2. The molecule has 0 saturated heterocycles. The van der Waals surface area contributed by atoms with Gasteiger partial charge in [-0.3, -0.25) is 0 Å². The summed E-state index contributed by atoms with van der Waals surface area (Å²) in [5.74, 6) is 2.47. The van der Waals surface area contributed by atoms with E-state index in [0.717, 1.165) is 18.2 Å². The molecule has 1 aromatic rings. The van der Waals surface area contributed by atoms with Crippen molar-refractivity contribution in [2.24, 2.45) is 5.92 Å². The number of rotatable bonds is 5. The van der Waals surface area contributed by atoms with Gasteiger partial charge in [0.05, 0.1) is 7.11 Å². The summed E-state index contributed by atoms with van der Waals surface area (Å²) < 4.78 is 5.48. The monoisotopic (exact) mass is 261 g/mol. The highest BCUT2D eigenvalue weighted by Crippen LogP contribution is 2.37. The third kappa shape index (κ3) is 3.50. The van der Waals surface area contributed by atoms with Gasteiger partial charge in [0, 0.05) is 6.54 Å². The van der Waals surface area contributed by atoms with Crippen molar-refractivity contribution in [3.05, 3.63) is 29.3 Å². The molecule has 1 N–H and O–H groups in total. The Bertz CT molecular complexity index is 396. The van der Waals surface area contributed by atoms with Gasteiger partial charge < -0.3 is 10.1 Å². The summed E-state index contributed by atoms with van der Waals surface area (Å²) >= 11 is 0. The van der Waals surface area contributed by atoms with Crippen molar-refractivity contribution in [2.75, 3.05) is 20.7 Å². The van der Waals surface area contributed by atoms with Crippen LogP contribution in [-0.4, -0.2) is 20.7 Å². The number of benzene rings is 1. The van der Waals surface area contributed by atoms with E-state index in [2.05, 4.69) is 37.5 Å². The van der Waals surface area contributed by atoms with E-state index in [9.17, 15) is 0 Å². The molecule has 0 radical (unpaired) electrons. The zero-order valence-corrected chi connectivity index (χ0v) is 12.5. The van der Waals surface area contributed by atoms with Crippen molar-refractivity contribution in [1.29, 1.82) is 0 Å². The van der Waals surface area contributed by atoms with Gasteiger partial charge in [0.1, 0.15) is 5.75 Å². The minimum atomic E-state index is 0.625. The van der Waals surface area contributed by atoms with Gasteiger partial charge in [0.15, 0.2) is 0 Å². The molecule has 0 spiro atoms. The lowest BCUT2D eigenvalue weighted by Crippen LogP contribution is -2.25. The van der Waals surface area contributed by atoms with Crippen LogP contribution in [0.5, 0.6) is 5.75 Å². The number of hydrogen-bond donors (Lipinski definition) is 1. The van der Waals surface area contributed by atoms with Crippen LogP contribution in [0.4, 0.5) is 0 Å². The summed E-state index contributed by atoms with van der Waals surface area (Å²) in [6, 6.07) is 6.72. The quantitative estimate of drug-likeness (QED) is 0.868. The molecule has 0 amide bonds. The van der Waals surface area contributed by atoms with E-state index < -0.39 is 0 Å². The smallest absolute Gasteiger partial charge is 0.122 e. The molecule has 2 nitrogen and oxygen atoms in total. The van der Waals surface area contributed by atoms with Crippen molar-refractivity contribution < 1.29 is 4.74 Å². The second-order valence-corrected chi connectivity index (χ2v) is 5.79. The first-order valence-corrected chi connectivity index (χ1v) is 7.55. The van der Waals surface area contributed by atoms with E-state index >= 15 is 0 Å². The van der Waals surface area contributed by atoms with Gasteiger partial charge >= 0.3 is 0 Å². The van der Waals surface area contributed by atoms with Crippen LogP contribution in [0.3, 0.4) is 0 Å². The summed E-state index contributed by atoms with van der Waals surface area (Å²) in [5.41, 5.74) is 2.65. The third-order valence-corrected chi connectivity index (χ3v) is 4.50. The molecule has 0 aromatic heterocycles. The molecule has 2 heteroatoms. The number of methoxy groups -OCH3 is 1. The van der Waals surface area contributed by atoms with Crippen LogP contribution in [0.2, 0.25) is 0 Å². The molecule has 1 aromatic carbocycles. The second kappa shape index (κ2) is 6.95. The zero-order valence-electron chi connectivity index (χ0n) is 12.5. The fourth-order valence-corrected chi connectivity index (χ4v) is 3.38. The fourth-order valence-electron chi connectivity index (χ4n) is 3.38. The number of likely N-dealkylation sites (N-methyl/N-ethyl adjacent to an activating group) is 1. The SMILES string of the molecule is CNCC(c1ccc(C)c(OC)c1)C1CCCCC1. The van der Waals surface area contributed by atoms with Gasteiger partial charge in [-0.2, -0.15) is 0 Å². The Morgan fingerprint density at radius 2 is 2.00 bits per heavy atom. The molecular weight excluding hydrogens is 234 g/mol. The van der Waals surface area contributed by atoms with Crippen LogP contribution in [0.1, 0.15) is 49.1 Å². The van der Waals surface area contributed by atoms with E-state index in [1.807, 2.05) is 0 Å². The Kier molecular flexibility index (Phi) is 5.26. The molecule has 0 bridgehead atoms. The maximum atomic E-state index is 5.48. The lowest BCUT2D eigenvalue weighted by molar-refractivity contribution is 0.299. The predicted molar refractivity (Wildman–Crippen MR) is 81.0 cm³/mol. The van der Waals surface area contributed by atoms with Crippen LogP contribution >= 0.6 is 0 Å². The molecule has 1 saturated carbocycles. The van der Waals surface area contributed by atoms with Crippen LogP contribution in [0.25, 0.3) is 0 Å². The molecule has 1 aliphatic rings.